The van der Waals surface area contributed by atoms with Crippen LogP contribution in [0.1, 0.15) is 37.7 Å². The van der Waals surface area contributed by atoms with Crippen molar-refractivity contribution in [3.05, 3.63) is 66.2 Å². The van der Waals surface area contributed by atoms with Crippen molar-refractivity contribution in [2.75, 3.05) is 44.2 Å². The molecule has 2 aromatic carbocycles. The molecule has 0 aromatic heterocycles. The second-order valence-electron chi connectivity index (χ2n) is 10.1. The van der Waals surface area contributed by atoms with Gasteiger partial charge in [0, 0.05) is 25.2 Å². The SMILES string of the molecule is O=C(CN1CCC(Cc2ccccc2)CC1)N1CCCC2(CC1)CN(c1ccccc1)C(=O)O2. The van der Waals surface area contributed by atoms with Gasteiger partial charge in [0.1, 0.15) is 5.60 Å². The van der Waals surface area contributed by atoms with Crippen molar-refractivity contribution >= 4 is 17.7 Å². The van der Waals surface area contributed by atoms with Crippen molar-refractivity contribution in [2.45, 2.75) is 44.1 Å². The fraction of sp³-hybridized carbons (Fsp3) is 0.500. The number of hydrogen-bond acceptors (Lipinski definition) is 4. The van der Waals surface area contributed by atoms with Crippen LogP contribution in [-0.2, 0) is 16.0 Å². The fourth-order valence-corrected chi connectivity index (χ4v) is 5.69. The maximum absolute atomic E-state index is 13.1. The molecule has 3 aliphatic heterocycles. The summed E-state index contributed by atoms with van der Waals surface area (Å²) in [6.07, 6.45) is 5.53. The summed E-state index contributed by atoms with van der Waals surface area (Å²) in [5.41, 5.74) is 1.80. The summed E-state index contributed by atoms with van der Waals surface area (Å²) in [5, 5.41) is 0. The summed E-state index contributed by atoms with van der Waals surface area (Å²) < 4.78 is 5.91. The van der Waals surface area contributed by atoms with Crippen molar-refractivity contribution in [3.63, 3.8) is 0 Å². The number of carbonyl (C=O) groups excluding carboxylic acids is 2. The van der Waals surface area contributed by atoms with Gasteiger partial charge in [-0.3, -0.25) is 14.6 Å². The van der Waals surface area contributed by atoms with E-state index in [0.717, 1.165) is 57.4 Å². The first-order chi connectivity index (χ1) is 16.6. The number of hydrogen-bond donors (Lipinski definition) is 0. The predicted octanol–water partition coefficient (Wildman–Crippen LogP) is 4.35. The fourth-order valence-electron chi connectivity index (χ4n) is 5.69. The lowest BCUT2D eigenvalue weighted by Gasteiger charge is -2.33. The molecule has 3 saturated heterocycles. The molecule has 1 spiro atoms. The van der Waals surface area contributed by atoms with Crippen molar-refractivity contribution in [1.29, 1.82) is 0 Å². The minimum Gasteiger partial charge on any atom is -0.441 e. The zero-order chi connectivity index (χ0) is 23.4. The standard InChI is InChI=1S/C28H35N3O3/c32-26(21-29-17-12-24(13-18-29)20-23-8-3-1-4-9-23)30-16-7-14-28(15-19-30)22-31(27(33)34-28)25-10-5-2-6-11-25/h1-6,8-11,24H,7,12-22H2. The molecule has 6 heteroatoms. The second kappa shape index (κ2) is 10.2. The number of nitrogens with zero attached hydrogens (tertiary/aromatic N) is 3. The maximum atomic E-state index is 13.1. The van der Waals surface area contributed by atoms with Gasteiger partial charge in [0.05, 0.1) is 13.1 Å². The van der Waals surface area contributed by atoms with E-state index in [1.807, 2.05) is 35.2 Å². The number of anilines is 1. The first-order valence-electron chi connectivity index (χ1n) is 12.7. The van der Waals surface area contributed by atoms with Gasteiger partial charge in [-0.25, -0.2) is 4.79 Å². The number of piperidine rings is 1. The summed E-state index contributed by atoms with van der Waals surface area (Å²) in [4.78, 5) is 31.7. The van der Waals surface area contributed by atoms with Crippen LogP contribution in [0.4, 0.5) is 10.5 Å². The van der Waals surface area contributed by atoms with Crippen molar-refractivity contribution in [1.82, 2.24) is 9.80 Å². The van der Waals surface area contributed by atoms with Crippen LogP contribution in [0.2, 0.25) is 0 Å². The number of amides is 2. The molecule has 1 unspecified atom stereocenters. The van der Waals surface area contributed by atoms with Crippen molar-refractivity contribution in [2.24, 2.45) is 5.92 Å². The molecular formula is C28H35N3O3. The van der Waals surface area contributed by atoms with Crippen LogP contribution in [0.5, 0.6) is 0 Å². The third kappa shape index (κ3) is 5.27. The second-order valence-corrected chi connectivity index (χ2v) is 10.1. The molecule has 1 atom stereocenters. The summed E-state index contributed by atoms with van der Waals surface area (Å²) in [5.74, 6) is 0.916. The smallest absolute Gasteiger partial charge is 0.415 e. The molecule has 34 heavy (non-hydrogen) atoms. The van der Waals surface area contributed by atoms with Gasteiger partial charge >= 0.3 is 6.09 Å². The van der Waals surface area contributed by atoms with Crippen molar-refractivity contribution in [3.8, 4) is 0 Å². The highest BCUT2D eigenvalue weighted by Gasteiger charge is 2.46. The van der Waals surface area contributed by atoms with Gasteiger partial charge in [-0.15, -0.1) is 0 Å². The Kier molecular flexibility index (Phi) is 6.86. The van der Waals surface area contributed by atoms with Gasteiger partial charge < -0.3 is 9.64 Å². The van der Waals surface area contributed by atoms with Gasteiger partial charge in [-0.1, -0.05) is 48.5 Å². The normalized spacial score (nSPS) is 24.3. The van der Waals surface area contributed by atoms with Gasteiger partial charge in [0.15, 0.2) is 0 Å². The average Bonchev–Trinajstić information content (AvgIpc) is 3.05. The summed E-state index contributed by atoms with van der Waals surface area (Å²) >= 11 is 0. The third-order valence-electron chi connectivity index (χ3n) is 7.72. The van der Waals surface area contributed by atoms with Crippen LogP contribution < -0.4 is 4.90 Å². The molecule has 5 rings (SSSR count). The molecule has 2 amide bonds. The van der Waals surface area contributed by atoms with E-state index in [9.17, 15) is 9.59 Å². The van der Waals surface area contributed by atoms with E-state index < -0.39 is 5.60 Å². The van der Waals surface area contributed by atoms with E-state index in [-0.39, 0.29) is 12.0 Å². The van der Waals surface area contributed by atoms with E-state index in [0.29, 0.717) is 32.0 Å². The average molecular weight is 462 g/mol. The molecule has 0 aliphatic carbocycles. The number of rotatable bonds is 5. The highest BCUT2D eigenvalue weighted by atomic mass is 16.6. The summed E-state index contributed by atoms with van der Waals surface area (Å²) in [7, 11) is 0. The zero-order valence-electron chi connectivity index (χ0n) is 19.9. The van der Waals surface area contributed by atoms with E-state index in [1.54, 1.807) is 4.90 Å². The van der Waals surface area contributed by atoms with Crippen molar-refractivity contribution < 1.29 is 14.3 Å². The Morgan fingerprint density at radius 2 is 1.62 bits per heavy atom. The first-order valence-corrected chi connectivity index (χ1v) is 12.7. The van der Waals surface area contributed by atoms with Crippen LogP contribution in [0, 0.1) is 5.92 Å². The van der Waals surface area contributed by atoms with Crippen LogP contribution in [0.25, 0.3) is 0 Å². The monoisotopic (exact) mass is 461 g/mol. The van der Waals surface area contributed by atoms with Gasteiger partial charge in [-0.2, -0.15) is 0 Å². The Balaban J connectivity index is 1.10. The van der Waals surface area contributed by atoms with Crippen LogP contribution in [-0.4, -0.2) is 66.7 Å². The van der Waals surface area contributed by atoms with Crippen LogP contribution >= 0.6 is 0 Å². The molecule has 3 heterocycles. The number of para-hydroxylation sites is 1. The van der Waals surface area contributed by atoms with Gasteiger partial charge in [0.2, 0.25) is 5.91 Å². The summed E-state index contributed by atoms with van der Waals surface area (Å²) in [6.45, 7) is 4.44. The van der Waals surface area contributed by atoms with E-state index in [1.165, 1.54) is 5.56 Å². The van der Waals surface area contributed by atoms with E-state index in [2.05, 4.69) is 35.2 Å². The summed E-state index contributed by atoms with van der Waals surface area (Å²) in [6, 6.07) is 20.4. The molecular weight excluding hydrogens is 426 g/mol. The molecule has 0 radical (unpaired) electrons. The minimum atomic E-state index is -0.488. The number of likely N-dealkylation sites (tertiary alicyclic amines) is 2. The maximum Gasteiger partial charge on any atom is 0.415 e. The quantitative estimate of drug-likeness (QED) is 0.664. The Morgan fingerprint density at radius 1 is 0.912 bits per heavy atom. The molecule has 0 N–H and O–H groups in total. The molecule has 180 valence electrons. The number of carbonyl (C=O) groups is 2. The lowest BCUT2D eigenvalue weighted by molar-refractivity contribution is -0.132. The zero-order valence-corrected chi connectivity index (χ0v) is 19.9. The molecule has 3 fully saturated rings. The number of ether oxygens (including phenoxy) is 1. The number of benzene rings is 2. The van der Waals surface area contributed by atoms with Gasteiger partial charge in [0.25, 0.3) is 0 Å². The lowest BCUT2D eigenvalue weighted by Crippen LogP contribution is -2.44. The van der Waals surface area contributed by atoms with E-state index >= 15 is 0 Å². The first kappa shape index (κ1) is 22.9. The van der Waals surface area contributed by atoms with Crippen LogP contribution in [0.15, 0.2) is 60.7 Å². The molecule has 2 aromatic rings. The third-order valence-corrected chi connectivity index (χ3v) is 7.72. The molecule has 0 bridgehead atoms. The van der Waals surface area contributed by atoms with Gasteiger partial charge in [-0.05, 0) is 68.8 Å². The molecule has 3 aliphatic rings. The van der Waals surface area contributed by atoms with E-state index in [4.69, 9.17) is 4.74 Å². The minimum absolute atomic E-state index is 0.211. The molecule has 0 saturated carbocycles. The van der Waals surface area contributed by atoms with Crippen LogP contribution in [0.3, 0.4) is 0 Å². The highest BCUT2D eigenvalue weighted by molar-refractivity contribution is 5.90. The Labute approximate surface area is 202 Å². The highest BCUT2D eigenvalue weighted by Crippen LogP contribution is 2.35. The predicted molar refractivity (Wildman–Crippen MR) is 133 cm³/mol. The lowest BCUT2D eigenvalue weighted by atomic mass is 9.90. The Bertz CT molecular complexity index is 975. The Morgan fingerprint density at radius 3 is 2.35 bits per heavy atom. The molecule has 6 nitrogen and oxygen atoms in total. The Hall–Kier alpha value is -2.86. The largest absolute Gasteiger partial charge is 0.441 e. The topological polar surface area (TPSA) is 53.1 Å².